The van der Waals surface area contributed by atoms with Gasteiger partial charge in [0.1, 0.15) is 0 Å². The summed E-state index contributed by atoms with van der Waals surface area (Å²) in [6.45, 7) is 10.4. The predicted molar refractivity (Wildman–Crippen MR) is 98.3 cm³/mol. The van der Waals surface area contributed by atoms with Crippen molar-refractivity contribution in [1.29, 1.82) is 0 Å². The van der Waals surface area contributed by atoms with Crippen LogP contribution >= 0.6 is 0 Å². The van der Waals surface area contributed by atoms with E-state index >= 15 is 0 Å². The molecule has 2 rings (SSSR count). The van der Waals surface area contributed by atoms with Gasteiger partial charge in [-0.05, 0) is 71.9 Å². The van der Waals surface area contributed by atoms with Crippen molar-refractivity contribution in [2.24, 2.45) is 0 Å². The summed E-state index contributed by atoms with van der Waals surface area (Å²) in [6, 6.07) is 11.2. The number of carbonyl (C=O) groups is 1. The summed E-state index contributed by atoms with van der Waals surface area (Å²) >= 11 is 0. The molecule has 0 aromatic heterocycles. The van der Waals surface area contributed by atoms with Gasteiger partial charge in [-0.25, -0.2) is 0 Å². The Balaban J connectivity index is 2.31. The first-order chi connectivity index (χ1) is 11.3. The fourth-order valence-corrected chi connectivity index (χ4v) is 3.11. The molecule has 0 saturated heterocycles. The number of rotatable bonds is 6. The van der Waals surface area contributed by atoms with Gasteiger partial charge >= 0.3 is 0 Å². The Bertz CT molecular complexity index is 725. The largest absolute Gasteiger partial charge is 0.545 e. The van der Waals surface area contributed by atoms with Crippen LogP contribution in [-0.4, -0.2) is 5.97 Å². The predicted octanol–water partition coefficient (Wildman–Crippen LogP) is 4.80. The highest BCUT2D eigenvalue weighted by Gasteiger charge is 2.16. The van der Waals surface area contributed by atoms with Gasteiger partial charge in [0.2, 0.25) is 0 Å². The maximum atomic E-state index is 10.8. The van der Waals surface area contributed by atoms with E-state index in [0.29, 0.717) is 17.4 Å². The molecule has 0 heterocycles. The lowest BCUT2D eigenvalue weighted by Crippen LogP contribution is -2.22. The SMILES string of the molecule is C/C(=C\CCC(C)c1ccc(C(C)C)cc2c(C)ccc1-2)C(=O)[O-]. The van der Waals surface area contributed by atoms with Crippen molar-refractivity contribution < 1.29 is 9.90 Å². The van der Waals surface area contributed by atoms with E-state index in [4.69, 9.17) is 0 Å². The smallest absolute Gasteiger partial charge is 0.0668 e. The lowest BCUT2D eigenvalue weighted by atomic mass is 9.91. The van der Waals surface area contributed by atoms with Gasteiger partial charge in [-0.15, -0.1) is 0 Å². The highest BCUT2D eigenvalue weighted by atomic mass is 16.4. The maximum Gasteiger partial charge on any atom is 0.0668 e. The number of carbonyl (C=O) groups excluding carboxylic acids is 1. The molecule has 24 heavy (non-hydrogen) atoms. The Morgan fingerprint density at radius 3 is 2.46 bits per heavy atom. The number of allylic oxidation sites excluding steroid dienone is 1. The molecule has 0 aliphatic heterocycles. The number of carboxylic acids is 1. The molecule has 2 heteroatoms. The van der Waals surface area contributed by atoms with Crippen LogP contribution in [0.25, 0.3) is 11.1 Å². The molecule has 0 bridgehead atoms. The van der Waals surface area contributed by atoms with E-state index in [0.717, 1.165) is 12.8 Å². The second kappa shape index (κ2) is 7.65. The van der Waals surface area contributed by atoms with Crippen molar-refractivity contribution in [3.8, 4) is 11.1 Å². The number of aryl methyl sites for hydroxylation is 1. The monoisotopic (exact) mass is 323 g/mol. The number of carboxylic acid groups (broad SMARTS) is 1. The molecular weight excluding hydrogens is 296 g/mol. The molecule has 0 aromatic carbocycles. The van der Waals surface area contributed by atoms with E-state index in [-0.39, 0.29) is 0 Å². The molecule has 0 spiro atoms. The summed E-state index contributed by atoms with van der Waals surface area (Å²) in [7, 11) is 0. The highest BCUT2D eigenvalue weighted by molar-refractivity contribution is 5.83. The summed E-state index contributed by atoms with van der Waals surface area (Å²) in [6.07, 6.45) is 3.44. The van der Waals surface area contributed by atoms with E-state index < -0.39 is 5.97 Å². The van der Waals surface area contributed by atoms with Crippen LogP contribution in [0.15, 0.2) is 42.0 Å². The van der Waals surface area contributed by atoms with Crippen molar-refractivity contribution in [1.82, 2.24) is 0 Å². The Kier molecular flexibility index (Phi) is 5.82. The Labute approximate surface area is 145 Å². The zero-order valence-electron chi connectivity index (χ0n) is 15.3. The van der Waals surface area contributed by atoms with E-state index in [1.807, 2.05) is 0 Å². The Hall–Kier alpha value is -2.09. The standard InChI is InChI=1S/C22H28O2/c1-14(2)18-10-12-19(20-11-9-16(4)21(20)13-18)15(3)7-6-8-17(5)22(23)24/h8-15H,6-7H2,1-5H3,(H,23,24)/p-1/b17-8+. The lowest BCUT2D eigenvalue weighted by Gasteiger charge is -2.13. The maximum absolute atomic E-state index is 10.8. The van der Waals surface area contributed by atoms with E-state index in [1.54, 1.807) is 13.0 Å². The van der Waals surface area contributed by atoms with Gasteiger partial charge in [-0.3, -0.25) is 0 Å². The van der Waals surface area contributed by atoms with Crippen molar-refractivity contribution in [3.63, 3.8) is 0 Å². The second-order valence-electron chi connectivity index (χ2n) is 7.08. The van der Waals surface area contributed by atoms with Gasteiger partial charge in [0.15, 0.2) is 0 Å². The summed E-state index contributed by atoms with van der Waals surface area (Å²) in [5, 5.41) is 10.8. The molecule has 0 aromatic rings. The number of fused-ring (bicyclic) bond motifs is 1. The van der Waals surface area contributed by atoms with Crippen molar-refractivity contribution in [2.75, 3.05) is 0 Å². The molecule has 0 fully saturated rings. The molecule has 128 valence electrons. The van der Waals surface area contributed by atoms with Crippen LogP contribution in [0.3, 0.4) is 0 Å². The van der Waals surface area contributed by atoms with Gasteiger partial charge in [0.05, 0.1) is 5.97 Å². The molecule has 2 aliphatic carbocycles. The molecule has 0 N–H and O–H groups in total. The minimum atomic E-state index is -1.08. The summed E-state index contributed by atoms with van der Waals surface area (Å²) in [5.74, 6) is -0.219. The van der Waals surface area contributed by atoms with Crippen molar-refractivity contribution >= 4 is 5.97 Å². The van der Waals surface area contributed by atoms with Gasteiger partial charge in [0.25, 0.3) is 0 Å². The van der Waals surface area contributed by atoms with Crippen molar-refractivity contribution in [2.45, 2.75) is 59.3 Å². The third-order valence-electron chi connectivity index (χ3n) is 4.86. The molecule has 1 unspecified atom stereocenters. The average Bonchev–Trinajstić information content (AvgIpc) is 2.76. The fraction of sp³-hybridized carbons (Fsp3) is 0.409. The summed E-state index contributed by atoms with van der Waals surface area (Å²) in [5.41, 5.74) is 6.95. The van der Waals surface area contributed by atoms with Gasteiger partial charge in [-0.2, -0.15) is 0 Å². The van der Waals surface area contributed by atoms with Crippen molar-refractivity contribution in [3.05, 3.63) is 58.7 Å². The van der Waals surface area contributed by atoms with Crippen LogP contribution < -0.4 is 5.11 Å². The Morgan fingerprint density at radius 1 is 1.12 bits per heavy atom. The van der Waals surface area contributed by atoms with Crippen LogP contribution in [0.2, 0.25) is 0 Å². The number of hydrogen-bond acceptors (Lipinski definition) is 2. The van der Waals surface area contributed by atoms with E-state index in [1.165, 1.54) is 27.8 Å². The second-order valence-corrected chi connectivity index (χ2v) is 7.08. The average molecular weight is 323 g/mol. The van der Waals surface area contributed by atoms with E-state index in [2.05, 4.69) is 58.0 Å². The zero-order chi connectivity index (χ0) is 17.9. The molecule has 2 nitrogen and oxygen atoms in total. The first kappa shape index (κ1) is 18.3. The third kappa shape index (κ3) is 4.05. The first-order valence-corrected chi connectivity index (χ1v) is 8.72. The highest BCUT2D eigenvalue weighted by Crippen LogP contribution is 2.37. The molecule has 1 atom stereocenters. The topological polar surface area (TPSA) is 40.1 Å². The van der Waals surface area contributed by atoms with E-state index in [9.17, 15) is 9.90 Å². The quantitative estimate of drug-likeness (QED) is 0.716. The van der Waals surface area contributed by atoms with Crippen LogP contribution in [0.4, 0.5) is 0 Å². The minimum Gasteiger partial charge on any atom is -0.545 e. The van der Waals surface area contributed by atoms with Gasteiger partial charge in [0, 0.05) is 0 Å². The van der Waals surface area contributed by atoms with Crippen LogP contribution in [-0.2, 0) is 4.79 Å². The lowest BCUT2D eigenvalue weighted by molar-refractivity contribution is -0.299. The fourth-order valence-electron chi connectivity index (χ4n) is 3.11. The first-order valence-electron chi connectivity index (χ1n) is 8.72. The van der Waals surface area contributed by atoms with Gasteiger partial charge < -0.3 is 9.90 Å². The Morgan fingerprint density at radius 2 is 1.83 bits per heavy atom. The van der Waals surface area contributed by atoms with Crippen LogP contribution in [0.5, 0.6) is 0 Å². The number of hydrogen-bond donors (Lipinski definition) is 0. The zero-order valence-corrected chi connectivity index (χ0v) is 15.3. The van der Waals surface area contributed by atoms with Crippen LogP contribution in [0, 0.1) is 6.92 Å². The molecule has 2 aliphatic rings. The summed E-state index contributed by atoms with van der Waals surface area (Å²) < 4.78 is 0. The summed E-state index contributed by atoms with van der Waals surface area (Å²) in [4.78, 5) is 10.8. The minimum absolute atomic E-state index is 0.317. The van der Waals surface area contributed by atoms with Crippen LogP contribution in [0.1, 0.15) is 69.1 Å². The number of aliphatic carboxylic acids is 1. The molecule has 0 radical (unpaired) electrons. The van der Waals surface area contributed by atoms with Gasteiger partial charge in [-0.1, -0.05) is 57.2 Å². The molecule has 0 saturated carbocycles. The normalized spacial score (nSPS) is 13.5. The molecule has 0 amide bonds. The third-order valence-corrected chi connectivity index (χ3v) is 4.86. The molecular formula is C22H27O2-.